The van der Waals surface area contributed by atoms with Crippen LogP contribution in [-0.2, 0) is 70.6 Å². The number of carboxylic acid groups (broad SMARTS) is 2. The molecule has 138 heavy (non-hydrogen) atoms. The molecule has 0 amide bonds. The molecular formula is C109H134N12O15S2+4. The standard InChI is InChI=1S/C19H25N2O3.2C18H22N2O3S.C18H23N2O2.2C17H18N2O2.2CH3/c22-14-11-20-9-7-18(8-10-20)2-1-17-3-5-19(6-4-17)21(12-15-23)13-16-24;2*1-3-20-13-5-4-6-18(20)12-9-16-7-10-17(11-8-16)19(2)14-15-24(21,22)23;1-19-10-8-17(9-11-19)3-2-16-4-6-18(7-5-16)20(12-14-21)13-15-22;2*1-18-11-9-15(10-12-18)4-3-14-5-7-16(8-6-14)19(2)13-17(20)21;;/h1-10,22-24H,11-16H2;2*4-13H,3,14-15H2,1-2H3;2-11,21-22H,12-15H2,1H3;2*3-12H,13H2,1-2H3;2*1H3/q+1;;;+1;;;2*+1. The van der Waals surface area contributed by atoms with Crippen molar-refractivity contribution in [2.24, 2.45) is 21.1 Å². The summed E-state index contributed by atoms with van der Waals surface area (Å²) in [6.45, 7) is 9.23. The molecule has 0 saturated heterocycles. The summed E-state index contributed by atoms with van der Waals surface area (Å²) in [5, 5.41) is 66.4. The first-order valence-corrected chi connectivity index (χ1v) is 47.7. The number of aryl methyl sites for hydroxylation is 5. The number of likely N-dealkylation sites (N-methyl/N-ethyl adjacent to an activating group) is 2. The van der Waals surface area contributed by atoms with Crippen LogP contribution in [0.4, 0.5) is 34.1 Å². The Morgan fingerprint density at radius 3 is 0.746 bits per heavy atom. The molecule has 0 unspecified atom stereocenters. The van der Waals surface area contributed by atoms with Crippen molar-refractivity contribution in [2.45, 2.75) is 33.5 Å². The van der Waals surface area contributed by atoms with Gasteiger partial charge < -0.3 is 83.8 Å². The highest BCUT2D eigenvalue weighted by Crippen LogP contribution is 2.23. The lowest BCUT2D eigenvalue weighted by Crippen LogP contribution is -2.35. The Balaban J connectivity index is 0.000000292. The Bertz CT molecular complexity index is 5710. The van der Waals surface area contributed by atoms with Crippen molar-refractivity contribution in [1.29, 1.82) is 0 Å². The molecule has 0 aliphatic rings. The number of rotatable bonds is 40. The number of carbonyl (C=O) groups excluding carboxylic acids is 2. The van der Waals surface area contributed by atoms with Crippen molar-refractivity contribution in [3.8, 4) is 0 Å². The van der Waals surface area contributed by atoms with Crippen LogP contribution < -0.4 is 67.0 Å². The van der Waals surface area contributed by atoms with Gasteiger partial charge in [0.1, 0.15) is 40.8 Å². The molecule has 27 nitrogen and oxygen atoms in total. The van der Waals surface area contributed by atoms with Gasteiger partial charge in [0.05, 0.1) is 83.2 Å². The first kappa shape index (κ1) is 114. The smallest absolute Gasteiger partial charge is 0.205 e. The van der Waals surface area contributed by atoms with Gasteiger partial charge in [0.15, 0.2) is 68.5 Å². The van der Waals surface area contributed by atoms with Crippen LogP contribution in [0, 0.1) is 14.9 Å². The van der Waals surface area contributed by atoms with E-state index in [9.17, 15) is 45.7 Å². The van der Waals surface area contributed by atoms with Gasteiger partial charge in [-0.1, -0.05) is 121 Å². The third-order valence-corrected chi connectivity index (χ3v) is 22.5. The molecule has 12 rings (SSSR count). The molecule has 6 heterocycles. The number of aliphatic carboxylic acids is 2. The molecule has 29 heteroatoms. The van der Waals surface area contributed by atoms with Gasteiger partial charge in [-0.15, -0.1) is 0 Å². The SMILES string of the molecule is CC[n+]1ccccc1/C=C/c1ccc(N(C)CCS(=O)(=O)[O-])cc1.CC[n+]1ccccc1/C=C/c1ccc(N(C)CCS(=O)(=O)[O-])cc1.CN(CC(=O)[O-])c1ccc(/C=C/c2cc[n+](C)cc2)cc1.CN(CC(=O)[O-])c1ccc(/C=C/c2cc[n+](C)cc2)cc1.C[n+]1ccc(/C=C/c2ccc(N(CCO)CCO)cc2)cc1.OCCN(CCO)c1ccc(/C=C/c2cc[n+](CCO)cc2)cc1.[CH3+].[CH3+]. The number of pyridine rings is 6. The predicted molar refractivity (Wildman–Crippen MR) is 551 cm³/mol. The molecule has 0 atom stereocenters. The number of aliphatic hydroxyl groups excluding tert-OH is 5. The van der Waals surface area contributed by atoms with E-state index >= 15 is 0 Å². The van der Waals surface area contributed by atoms with E-state index in [1.165, 1.54) is 0 Å². The number of benzene rings is 6. The maximum atomic E-state index is 10.7. The molecule has 0 bridgehead atoms. The minimum Gasteiger partial charge on any atom is -0.748 e. The fraction of sp³-hybridized carbons (Fsp3) is 0.248. The Labute approximate surface area is 816 Å². The highest BCUT2D eigenvalue weighted by molar-refractivity contribution is 7.85. The average Bonchev–Trinajstić information content (AvgIpc) is 0.829. The van der Waals surface area contributed by atoms with Crippen molar-refractivity contribution in [3.63, 3.8) is 0 Å². The van der Waals surface area contributed by atoms with Gasteiger partial charge in [-0.25, -0.2) is 35.1 Å². The Hall–Kier alpha value is -14.2. The third kappa shape index (κ3) is 44.1. The van der Waals surface area contributed by atoms with Gasteiger partial charge >= 0.3 is 0 Å². The summed E-state index contributed by atoms with van der Waals surface area (Å²) in [5.74, 6) is -2.95. The number of carbonyl (C=O) groups is 2. The zero-order valence-corrected chi connectivity index (χ0v) is 82.5. The average molecular weight is 1920 g/mol. The van der Waals surface area contributed by atoms with Crippen molar-refractivity contribution in [3.05, 3.63) is 374 Å². The van der Waals surface area contributed by atoms with Crippen LogP contribution in [0.3, 0.4) is 0 Å². The van der Waals surface area contributed by atoms with E-state index < -0.39 is 43.7 Å². The Morgan fingerprint density at radius 1 is 0.297 bits per heavy atom. The molecule has 728 valence electrons. The number of aliphatic hydroxyl groups is 5. The number of nitrogens with zero attached hydrogens (tertiary/aromatic N) is 12. The van der Waals surface area contributed by atoms with Gasteiger partial charge in [-0.2, -0.15) is 9.13 Å². The molecule has 0 fully saturated rings. The summed E-state index contributed by atoms with van der Waals surface area (Å²) >= 11 is 0. The second kappa shape index (κ2) is 61.7. The van der Waals surface area contributed by atoms with Gasteiger partial charge in [0.2, 0.25) is 11.4 Å². The van der Waals surface area contributed by atoms with E-state index in [2.05, 4.69) is 71.6 Å². The molecule has 0 spiro atoms. The number of hydrogen-bond acceptors (Lipinski definition) is 21. The topological polar surface area (TPSA) is 339 Å². The summed E-state index contributed by atoms with van der Waals surface area (Å²) in [6, 6.07) is 75.5. The molecule has 5 N–H and O–H groups in total. The molecular weight excluding hydrogens is 1780 g/mol. The lowest BCUT2D eigenvalue weighted by Gasteiger charge is -2.22. The maximum absolute atomic E-state index is 10.7. The van der Waals surface area contributed by atoms with Crippen LogP contribution >= 0.6 is 0 Å². The van der Waals surface area contributed by atoms with E-state index in [0.29, 0.717) is 32.7 Å². The van der Waals surface area contributed by atoms with E-state index in [-0.39, 0.29) is 74.1 Å². The molecule has 0 saturated carbocycles. The van der Waals surface area contributed by atoms with Crippen molar-refractivity contribution < 1.29 is 98.7 Å². The summed E-state index contributed by atoms with van der Waals surface area (Å²) in [5.41, 5.74) is 18.6. The minimum absolute atomic E-state index is 0. The van der Waals surface area contributed by atoms with E-state index in [4.69, 9.17) is 25.5 Å². The fourth-order valence-corrected chi connectivity index (χ4v) is 14.2. The van der Waals surface area contributed by atoms with Crippen molar-refractivity contribution in [1.82, 2.24) is 0 Å². The lowest BCUT2D eigenvalue weighted by molar-refractivity contribution is -0.698. The van der Waals surface area contributed by atoms with E-state index in [1.54, 1.807) is 47.8 Å². The lowest BCUT2D eigenvalue weighted by atomic mass is 10.1. The van der Waals surface area contributed by atoms with Crippen LogP contribution in [0.2, 0.25) is 0 Å². The highest BCUT2D eigenvalue weighted by Gasteiger charge is 2.12. The monoisotopic (exact) mass is 1910 g/mol. The largest absolute Gasteiger partial charge is 0.748 e. The van der Waals surface area contributed by atoms with Gasteiger partial charge in [0, 0.05) is 201 Å². The Kier molecular flexibility index (Phi) is 51.1. The zero-order valence-electron chi connectivity index (χ0n) is 80.9. The third-order valence-electron chi connectivity index (χ3n) is 21.1. The van der Waals surface area contributed by atoms with Crippen LogP contribution in [0.1, 0.15) is 80.9 Å². The van der Waals surface area contributed by atoms with Crippen LogP contribution in [0.25, 0.3) is 72.9 Å². The quantitative estimate of drug-likeness (QED) is 0.0136. The van der Waals surface area contributed by atoms with Gasteiger partial charge in [-0.3, -0.25) is 0 Å². The maximum Gasteiger partial charge on any atom is 0.205 e. The fourth-order valence-electron chi connectivity index (χ4n) is 13.2. The molecule has 0 aliphatic heterocycles. The minimum atomic E-state index is -4.19. The predicted octanol–water partition coefficient (Wildman–Crippen LogP) is 9.33. The van der Waals surface area contributed by atoms with Crippen LogP contribution in [0.5, 0.6) is 0 Å². The van der Waals surface area contributed by atoms with Crippen molar-refractivity contribution >= 4 is 139 Å². The molecule has 12 aromatic rings. The molecule has 0 radical (unpaired) electrons. The molecule has 0 aliphatic carbocycles. The Morgan fingerprint density at radius 2 is 0.522 bits per heavy atom. The van der Waals surface area contributed by atoms with E-state index in [0.717, 1.165) is 114 Å². The summed E-state index contributed by atoms with van der Waals surface area (Å²) in [4.78, 5) is 31.8. The molecule has 6 aromatic heterocycles. The van der Waals surface area contributed by atoms with Gasteiger partial charge in [-0.05, 0) is 167 Å². The second-order valence-corrected chi connectivity index (χ2v) is 34.6. The van der Waals surface area contributed by atoms with Gasteiger partial charge in [0.25, 0.3) is 0 Å². The highest BCUT2D eigenvalue weighted by atomic mass is 32.2. The van der Waals surface area contributed by atoms with E-state index in [1.807, 2.05) is 366 Å². The first-order chi connectivity index (χ1) is 65.3. The van der Waals surface area contributed by atoms with Crippen LogP contribution in [-0.4, -0.2) is 189 Å². The number of aromatic nitrogens is 6. The number of carboxylic acids is 2. The molecule has 6 aromatic carbocycles. The normalized spacial score (nSPS) is 11.1. The summed E-state index contributed by atoms with van der Waals surface area (Å²) in [6.07, 6.45) is 44.6. The zero-order chi connectivity index (χ0) is 98.6. The number of anilines is 6. The van der Waals surface area contributed by atoms with Crippen molar-refractivity contribution in [2.75, 3.05) is 154 Å². The number of hydrogen-bond donors (Lipinski definition) is 5. The summed E-state index contributed by atoms with van der Waals surface area (Å²) in [7, 11) is 4.58. The first-order valence-electron chi connectivity index (χ1n) is 44.5. The summed E-state index contributed by atoms with van der Waals surface area (Å²) < 4.78 is 76.4. The van der Waals surface area contributed by atoms with Crippen LogP contribution in [0.15, 0.2) is 292 Å². The second-order valence-electron chi connectivity index (χ2n) is 31.5.